The maximum atomic E-state index is 12.9. The summed E-state index contributed by atoms with van der Waals surface area (Å²) in [6, 6.07) is 5.33. The predicted molar refractivity (Wildman–Crippen MR) is 117 cm³/mol. The number of nitrogens with two attached hydrogens (primary N) is 1. The lowest BCUT2D eigenvalue weighted by molar-refractivity contribution is -0.116. The molecule has 0 spiro atoms. The summed E-state index contributed by atoms with van der Waals surface area (Å²) < 4.78 is 0. The fourth-order valence-corrected chi connectivity index (χ4v) is 4.99. The minimum absolute atomic E-state index is 0.0163. The molecule has 4 rings (SSSR count). The van der Waals surface area contributed by atoms with E-state index in [0.717, 1.165) is 38.2 Å². The van der Waals surface area contributed by atoms with Crippen LogP contribution in [0.1, 0.15) is 30.3 Å². The first-order chi connectivity index (χ1) is 14.0. The van der Waals surface area contributed by atoms with Crippen molar-refractivity contribution in [1.82, 2.24) is 15.1 Å². The third-order valence-electron chi connectivity index (χ3n) is 5.46. The Morgan fingerprint density at radius 2 is 2.28 bits per heavy atom. The van der Waals surface area contributed by atoms with E-state index in [4.69, 9.17) is 5.73 Å². The molecule has 152 valence electrons. The van der Waals surface area contributed by atoms with Gasteiger partial charge in [0, 0.05) is 36.5 Å². The molecule has 2 aliphatic rings. The Balaban J connectivity index is 1.43. The van der Waals surface area contributed by atoms with E-state index in [-0.39, 0.29) is 16.9 Å². The van der Waals surface area contributed by atoms with Crippen molar-refractivity contribution in [2.45, 2.75) is 25.0 Å². The van der Waals surface area contributed by atoms with Crippen LogP contribution in [0.5, 0.6) is 0 Å². The predicted octanol–water partition coefficient (Wildman–Crippen LogP) is 2.68. The molecule has 1 atom stereocenters. The molecule has 4 N–H and O–H groups in total. The summed E-state index contributed by atoms with van der Waals surface area (Å²) in [4.78, 5) is 26.8. The number of aromatic nitrogens is 2. The van der Waals surface area contributed by atoms with Crippen LogP contribution in [0, 0.1) is 0 Å². The second-order valence-electron chi connectivity index (χ2n) is 7.51. The number of hydrogen-bond donors (Lipinski definition) is 3. The molecule has 0 radical (unpaired) electrons. The number of primary amides is 1. The number of benzene rings is 1. The first kappa shape index (κ1) is 19.7. The molecule has 7 nitrogen and oxygen atoms in total. The number of amides is 2. The molecule has 1 aromatic carbocycles. The molecular weight excluding hydrogens is 386 g/mol. The summed E-state index contributed by atoms with van der Waals surface area (Å²) in [6.07, 6.45) is 6.63. The molecule has 1 unspecified atom stereocenters. The van der Waals surface area contributed by atoms with Crippen LogP contribution >= 0.6 is 11.8 Å². The van der Waals surface area contributed by atoms with E-state index in [1.54, 1.807) is 30.0 Å². The van der Waals surface area contributed by atoms with Crippen LogP contribution < -0.4 is 11.1 Å². The number of H-pyrrole nitrogens is 1. The lowest BCUT2D eigenvalue weighted by Gasteiger charge is -2.33. The minimum Gasteiger partial charge on any atom is -0.364 e. The zero-order valence-electron chi connectivity index (χ0n) is 16.4. The molecule has 2 amide bonds. The Kier molecular flexibility index (Phi) is 5.73. The summed E-state index contributed by atoms with van der Waals surface area (Å²) in [5, 5.41) is 10.2. The van der Waals surface area contributed by atoms with Crippen LogP contribution in [0.2, 0.25) is 0 Å². The average molecular weight is 412 g/mol. The van der Waals surface area contributed by atoms with E-state index in [0.29, 0.717) is 16.6 Å². The SMILES string of the molecule is CC1=C(CN2CCSC(C(=O)Nc3ccc4[nH]nc(C(N)=O)c4c3)C2)CCC=C1. The van der Waals surface area contributed by atoms with Gasteiger partial charge in [0.1, 0.15) is 0 Å². The summed E-state index contributed by atoms with van der Waals surface area (Å²) in [7, 11) is 0. The van der Waals surface area contributed by atoms with Crippen LogP contribution in [-0.4, -0.2) is 57.5 Å². The van der Waals surface area contributed by atoms with Crippen LogP contribution in [0.15, 0.2) is 41.5 Å². The van der Waals surface area contributed by atoms with Gasteiger partial charge in [0.05, 0.1) is 10.8 Å². The fraction of sp³-hybridized carbons (Fsp3) is 0.381. The third kappa shape index (κ3) is 4.38. The number of rotatable bonds is 5. The number of thioether (sulfide) groups is 1. The quantitative estimate of drug-likeness (QED) is 0.702. The molecule has 8 heteroatoms. The largest absolute Gasteiger partial charge is 0.364 e. The Bertz CT molecular complexity index is 1010. The molecule has 29 heavy (non-hydrogen) atoms. The van der Waals surface area contributed by atoms with Gasteiger partial charge < -0.3 is 11.1 Å². The highest BCUT2D eigenvalue weighted by atomic mass is 32.2. The van der Waals surface area contributed by atoms with Crippen molar-refractivity contribution in [3.05, 3.63) is 47.2 Å². The number of nitrogens with one attached hydrogen (secondary N) is 2. The lowest BCUT2D eigenvalue weighted by atomic mass is 9.98. The molecule has 1 saturated heterocycles. The van der Waals surface area contributed by atoms with Crippen LogP contribution in [0.25, 0.3) is 10.9 Å². The third-order valence-corrected chi connectivity index (χ3v) is 6.64. The number of allylic oxidation sites excluding steroid dienone is 3. The maximum Gasteiger partial charge on any atom is 0.269 e. The first-order valence-electron chi connectivity index (χ1n) is 9.79. The molecule has 1 aromatic heterocycles. The zero-order chi connectivity index (χ0) is 20.4. The van der Waals surface area contributed by atoms with E-state index >= 15 is 0 Å². The normalized spacial score (nSPS) is 20.2. The summed E-state index contributed by atoms with van der Waals surface area (Å²) in [5.41, 5.74) is 9.73. The number of carbonyl (C=O) groups excluding carboxylic acids is 2. The Morgan fingerprint density at radius 1 is 1.41 bits per heavy atom. The van der Waals surface area contributed by atoms with Crippen molar-refractivity contribution < 1.29 is 9.59 Å². The van der Waals surface area contributed by atoms with Crippen molar-refractivity contribution >= 4 is 40.2 Å². The van der Waals surface area contributed by atoms with Gasteiger partial charge in [-0.3, -0.25) is 19.6 Å². The monoisotopic (exact) mass is 411 g/mol. The van der Waals surface area contributed by atoms with Crippen molar-refractivity contribution in [3.8, 4) is 0 Å². The molecule has 0 bridgehead atoms. The number of aromatic amines is 1. The van der Waals surface area contributed by atoms with Gasteiger partial charge in [-0.25, -0.2) is 0 Å². The van der Waals surface area contributed by atoms with Crippen LogP contribution in [0.4, 0.5) is 5.69 Å². The Hall–Kier alpha value is -2.58. The van der Waals surface area contributed by atoms with E-state index in [1.807, 2.05) is 0 Å². The Morgan fingerprint density at radius 3 is 3.07 bits per heavy atom. The van der Waals surface area contributed by atoms with Crippen molar-refractivity contribution in [2.75, 3.05) is 30.7 Å². The smallest absolute Gasteiger partial charge is 0.269 e. The summed E-state index contributed by atoms with van der Waals surface area (Å²) >= 11 is 1.69. The van der Waals surface area contributed by atoms with Gasteiger partial charge in [-0.15, -0.1) is 11.8 Å². The van der Waals surface area contributed by atoms with Gasteiger partial charge in [-0.1, -0.05) is 23.3 Å². The number of hydrogen-bond acceptors (Lipinski definition) is 5. The average Bonchev–Trinajstić information content (AvgIpc) is 3.13. The van der Waals surface area contributed by atoms with Crippen molar-refractivity contribution in [2.24, 2.45) is 5.73 Å². The van der Waals surface area contributed by atoms with Crippen molar-refractivity contribution in [1.29, 1.82) is 0 Å². The number of carbonyl (C=O) groups is 2. The highest BCUT2D eigenvalue weighted by Crippen LogP contribution is 2.26. The van der Waals surface area contributed by atoms with E-state index in [1.165, 1.54) is 11.1 Å². The first-order valence-corrected chi connectivity index (χ1v) is 10.8. The van der Waals surface area contributed by atoms with Gasteiger partial charge >= 0.3 is 0 Å². The van der Waals surface area contributed by atoms with E-state index in [2.05, 4.69) is 39.5 Å². The molecule has 0 saturated carbocycles. The zero-order valence-corrected chi connectivity index (χ0v) is 17.2. The fourth-order valence-electron chi connectivity index (χ4n) is 3.81. The van der Waals surface area contributed by atoms with Gasteiger partial charge in [0.2, 0.25) is 5.91 Å². The van der Waals surface area contributed by atoms with Gasteiger partial charge in [-0.05, 0) is 38.0 Å². The van der Waals surface area contributed by atoms with E-state index in [9.17, 15) is 9.59 Å². The minimum atomic E-state index is -0.597. The van der Waals surface area contributed by atoms with Crippen LogP contribution in [-0.2, 0) is 4.79 Å². The topological polar surface area (TPSA) is 104 Å². The molecule has 1 aliphatic heterocycles. The molecule has 2 aromatic rings. The van der Waals surface area contributed by atoms with Gasteiger partial charge in [-0.2, -0.15) is 5.10 Å². The van der Waals surface area contributed by atoms with Crippen molar-refractivity contribution in [3.63, 3.8) is 0 Å². The molecule has 1 aliphatic carbocycles. The summed E-state index contributed by atoms with van der Waals surface area (Å²) in [6.45, 7) is 4.83. The lowest BCUT2D eigenvalue weighted by Crippen LogP contribution is -2.44. The molecular formula is C21H25N5O2S. The molecule has 1 fully saturated rings. The second kappa shape index (κ2) is 8.42. The maximum absolute atomic E-state index is 12.9. The van der Waals surface area contributed by atoms with Gasteiger partial charge in [0.15, 0.2) is 5.69 Å². The second-order valence-corrected chi connectivity index (χ2v) is 8.82. The highest BCUT2D eigenvalue weighted by Gasteiger charge is 2.27. The number of anilines is 1. The Labute approximate surface area is 173 Å². The summed E-state index contributed by atoms with van der Waals surface area (Å²) in [5.74, 6) is 0.324. The van der Waals surface area contributed by atoms with E-state index < -0.39 is 5.91 Å². The number of fused-ring (bicyclic) bond motifs is 1. The molecule has 2 heterocycles. The number of nitrogens with zero attached hydrogens (tertiary/aromatic N) is 2. The van der Waals surface area contributed by atoms with Crippen LogP contribution in [0.3, 0.4) is 0 Å². The van der Waals surface area contributed by atoms with Gasteiger partial charge in [0.25, 0.3) is 5.91 Å². The highest BCUT2D eigenvalue weighted by molar-refractivity contribution is 8.00. The standard InChI is InChI=1S/C21H25N5O2S/c1-13-4-2-3-5-14(13)11-26-8-9-29-18(12-26)21(28)23-15-6-7-17-16(10-15)19(20(22)27)25-24-17/h2,4,6-7,10,18H,3,5,8-9,11-12H2,1H3,(H2,22,27)(H,23,28)(H,24,25).